The minimum Gasteiger partial charge on any atom is -0.453 e. The third-order valence-electron chi connectivity index (χ3n) is 3.59. The summed E-state index contributed by atoms with van der Waals surface area (Å²) >= 11 is 5.29. The minimum atomic E-state index is 0.239. The lowest BCUT2D eigenvalue weighted by Gasteiger charge is -2.36. The predicted molar refractivity (Wildman–Crippen MR) is 79.1 cm³/mol. The molecule has 1 N–H and O–H groups in total. The van der Waals surface area contributed by atoms with Crippen molar-refractivity contribution in [2.24, 2.45) is 0 Å². The fraction of sp³-hybridized carbons (Fsp3) is 0.692. The van der Waals surface area contributed by atoms with Crippen LogP contribution in [0.15, 0.2) is 21.2 Å². The number of halogens is 1. The smallest absolute Gasteiger partial charge is 0.169 e. The van der Waals surface area contributed by atoms with Crippen molar-refractivity contribution in [1.82, 2.24) is 5.32 Å². The van der Waals surface area contributed by atoms with Crippen molar-refractivity contribution < 1.29 is 9.15 Å². The normalized spacial score (nSPS) is 20.8. The van der Waals surface area contributed by atoms with E-state index in [9.17, 15) is 0 Å². The molecule has 2 rings (SSSR count). The second kappa shape index (κ2) is 6.46. The lowest BCUT2D eigenvalue weighted by molar-refractivity contribution is 0.0764. The summed E-state index contributed by atoms with van der Waals surface area (Å²) in [6, 6.07) is 4.19. The highest BCUT2D eigenvalue weighted by atomic mass is 79.9. The van der Waals surface area contributed by atoms with Crippen molar-refractivity contribution in [3.8, 4) is 0 Å². The topological polar surface area (TPSA) is 34.4 Å². The Morgan fingerprint density at radius 2 is 2.17 bits per heavy atom. The molecule has 2 heterocycles. The molecule has 1 aromatic heterocycles. The van der Waals surface area contributed by atoms with Gasteiger partial charge in [-0.15, -0.1) is 0 Å². The molecule has 0 saturated carbocycles. The van der Waals surface area contributed by atoms with Crippen molar-refractivity contribution in [2.45, 2.75) is 30.6 Å². The van der Waals surface area contributed by atoms with Gasteiger partial charge in [0.2, 0.25) is 0 Å². The molecule has 102 valence electrons. The van der Waals surface area contributed by atoms with Gasteiger partial charge in [0.15, 0.2) is 4.67 Å². The van der Waals surface area contributed by atoms with E-state index in [1.54, 1.807) is 0 Å². The van der Waals surface area contributed by atoms with E-state index in [2.05, 4.69) is 34.4 Å². The van der Waals surface area contributed by atoms with E-state index in [4.69, 9.17) is 9.15 Å². The average molecular weight is 334 g/mol. The molecule has 1 aliphatic heterocycles. The van der Waals surface area contributed by atoms with Crippen LogP contribution in [-0.4, -0.2) is 30.8 Å². The predicted octanol–water partition coefficient (Wildman–Crippen LogP) is 3.60. The Balaban J connectivity index is 1.89. The second-order valence-electron chi connectivity index (χ2n) is 4.74. The van der Waals surface area contributed by atoms with Gasteiger partial charge < -0.3 is 14.5 Å². The summed E-state index contributed by atoms with van der Waals surface area (Å²) in [6.45, 7) is 4.89. The van der Waals surface area contributed by atoms with Crippen LogP contribution in [0.2, 0.25) is 0 Å². The van der Waals surface area contributed by atoms with E-state index in [0.29, 0.717) is 4.75 Å². The lowest BCUT2D eigenvalue weighted by Crippen LogP contribution is -2.43. The number of ether oxygens (including phenoxy) is 1. The van der Waals surface area contributed by atoms with E-state index in [1.165, 1.54) is 0 Å². The van der Waals surface area contributed by atoms with Crippen molar-refractivity contribution in [3.63, 3.8) is 0 Å². The molecule has 3 nitrogen and oxygen atoms in total. The molecular weight excluding hydrogens is 314 g/mol. The first-order valence-electron chi connectivity index (χ1n) is 6.27. The molecule has 1 aliphatic rings. The van der Waals surface area contributed by atoms with Crippen LogP contribution in [0, 0.1) is 0 Å². The molecular formula is C13H20BrNO2S. The van der Waals surface area contributed by atoms with Gasteiger partial charge in [-0.3, -0.25) is 0 Å². The Morgan fingerprint density at radius 1 is 1.44 bits per heavy atom. The van der Waals surface area contributed by atoms with Gasteiger partial charge in [-0.25, -0.2) is 0 Å². The van der Waals surface area contributed by atoms with Crippen molar-refractivity contribution in [1.29, 1.82) is 0 Å². The quantitative estimate of drug-likeness (QED) is 0.892. The molecule has 0 amide bonds. The molecule has 1 saturated heterocycles. The number of nitrogens with one attached hydrogen (secondary N) is 1. The zero-order chi connectivity index (χ0) is 13.0. The number of hydrogen-bond donors (Lipinski definition) is 1. The molecule has 18 heavy (non-hydrogen) atoms. The van der Waals surface area contributed by atoms with E-state index < -0.39 is 0 Å². The van der Waals surface area contributed by atoms with Gasteiger partial charge in [-0.1, -0.05) is 0 Å². The highest BCUT2D eigenvalue weighted by Gasteiger charge is 2.32. The standard InChI is InChI=1S/C13H20BrNO2S/c1-10(11-3-4-12(14)17-11)15-9-13(18-2)5-7-16-8-6-13/h3-4,10,15H,5-9H2,1-2H3/t10-/m1/s1. The molecule has 0 aromatic carbocycles. The van der Waals surface area contributed by atoms with Crippen LogP contribution >= 0.6 is 27.7 Å². The van der Waals surface area contributed by atoms with Gasteiger partial charge >= 0.3 is 0 Å². The van der Waals surface area contributed by atoms with Crippen LogP contribution in [0.4, 0.5) is 0 Å². The Hall–Kier alpha value is 0.0300. The van der Waals surface area contributed by atoms with Gasteiger partial charge in [-0.2, -0.15) is 11.8 Å². The summed E-state index contributed by atoms with van der Waals surface area (Å²) in [6.07, 6.45) is 4.44. The Labute approximate surface area is 121 Å². The maximum Gasteiger partial charge on any atom is 0.169 e. The summed E-state index contributed by atoms with van der Waals surface area (Å²) in [5, 5.41) is 3.58. The summed E-state index contributed by atoms with van der Waals surface area (Å²) in [5.41, 5.74) is 0. The number of rotatable bonds is 5. The molecule has 1 aromatic rings. The monoisotopic (exact) mass is 333 g/mol. The fourth-order valence-corrected chi connectivity index (χ4v) is 3.32. The van der Waals surface area contributed by atoms with E-state index >= 15 is 0 Å². The van der Waals surface area contributed by atoms with E-state index in [1.807, 2.05) is 23.9 Å². The molecule has 1 atom stereocenters. The average Bonchev–Trinajstić information content (AvgIpc) is 2.84. The third-order valence-corrected chi connectivity index (χ3v) is 5.43. The SMILES string of the molecule is CSC1(CN[C@H](C)c2ccc(Br)o2)CCOCC1. The van der Waals surface area contributed by atoms with Crippen LogP contribution in [-0.2, 0) is 4.74 Å². The zero-order valence-electron chi connectivity index (χ0n) is 10.9. The number of hydrogen-bond acceptors (Lipinski definition) is 4. The van der Waals surface area contributed by atoms with Crippen LogP contribution in [0.1, 0.15) is 31.6 Å². The third kappa shape index (κ3) is 3.53. The minimum absolute atomic E-state index is 0.239. The van der Waals surface area contributed by atoms with Crippen molar-refractivity contribution >= 4 is 27.7 Å². The zero-order valence-corrected chi connectivity index (χ0v) is 13.3. The molecule has 5 heteroatoms. The Bertz CT molecular complexity index is 377. The van der Waals surface area contributed by atoms with Crippen LogP contribution in [0.25, 0.3) is 0 Å². The first kappa shape index (κ1) is 14.4. The van der Waals surface area contributed by atoms with Crippen LogP contribution in [0.5, 0.6) is 0 Å². The summed E-state index contributed by atoms with van der Waals surface area (Å²) in [4.78, 5) is 0. The largest absolute Gasteiger partial charge is 0.453 e. The van der Waals surface area contributed by atoms with Crippen molar-refractivity contribution in [3.05, 3.63) is 22.6 Å². The second-order valence-corrected chi connectivity index (χ2v) is 6.80. The first-order valence-corrected chi connectivity index (χ1v) is 8.28. The van der Waals surface area contributed by atoms with Gasteiger partial charge in [0.1, 0.15) is 5.76 Å². The maximum absolute atomic E-state index is 5.57. The number of thioether (sulfide) groups is 1. The van der Waals surface area contributed by atoms with Gasteiger partial charge in [0.05, 0.1) is 6.04 Å². The van der Waals surface area contributed by atoms with Crippen molar-refractivity contribution in [2.75, 3.05) is 26.0 Å². The molecule has 0 radical (unpaired) electrons. The maximum atomic E-state index is 5.57. The van der Waals surface area contributed by atoms with E-state index in [-0.39, 0.29) is 6.04 Å². The molecule has 0 spiro atoms. The Kier molecular flexibility index (Phi) is 5.18. The van der Waals surface area contributed by atoms with E-state index in [0.717, 1.165) is 43.0 Å². The van der Waals surface area contributed by atoms with Gasteiger partial charge in [0, 0.05) is 24.5 Å². The summed E-state index contributed by atoms with van der Waals surface area (Å²) in [5.74, 6) is 0.977. The first-order chi connectivity index (χ1) is 8.65. The summed E-state index contributed by atoms with van der Waals surface area (Å²) in [7, 11) is 0. The fourth-order valence-electron chi connectivity index (χ4n) is 2.20. The van der Waals surface area contributed by atoms with Gasteiger partial charge in [0.25, 0.3) is 0 Å². The lowest BCUT2D eigenvalue weighted by atomic mass is 9.98. The number of furan rings is 1. The highest BCUT2D eigenvalue weighted by Crippen LogP contribution is 2.33. The van der Waals surface area contributed by atoms with Gasteiger partial charge in [-0.05, 0) is 54.1 Å². The molecule has 0 aliphatic carbocycles. The molecule has 1 fully saturated rings. The molecule has 0 bridgehead atoms. The highest BCUT2D eigenvalue weighted by molar-refractivity contribution is 9.10. The Morgan fingerprint density at radius 3 is 2.72 bits per heavy atom. The summed E-state index contributed by atoms with van der Waals surface area (Å²) < 4.78 is 12.1. The molecule has 0 unspecified atom stereocenters. The van der Waals surface area contributed by atoms with Crippen LogP contribution < -0.4 is 5.32 Å². The van der Waals surface area contributed by atoms with Crippen LogP contribution in [0.3, 0.4) is 0 Å².